The highest BCUT2D eigenvalue weighted by Crippen LogP contribution is 2.33. The van der Waals surface area contributed by atoms with Gasteiger partial charge in [-0.25, -0.2) is 9.38 Å². The zero-order valence-electron chi connectivity index (χ0n) is 14.9. The van der Waals surface area contributed by atoms with Crippen LogP contribution in [0.5, 0.6) is 0 Å². The average molecular weight is 395 g/mol. The third kappa shape index (κ3) is 5.73. The predicted molar refractivity (Wildman–Crippen MR) is 99.0 cm³/mol. The largest absolute Gasteiger partial charge is 0.398 e. The SMILES string of the molecule is Cc1cc(F)c(N=C(c2ccc(C#N)cc2)N(C)C)cc1SCC(F)(F)F. The number of benzene rings is 2. The molecule has 0 aliphatic carbocycles. The van der Waals surface area contributed by atoms with Gasteiger partial charge < -0.3 is 4.90 Å². The van der Waals surface area contributed by atoms with Crippen molar-refractivity contribution >= 4 is 23.3 Å². The molecule has 0 bridgehead atoms. The first-order valence-electron chi connectivity index (χ1n) is 7.87. The van der Waals surface area contributed by atoms with E-state index >= 15 is 0 Å². The van der Waals surface area contributed by atoms with E-state index in [0.29, 0.717) is 39.2 Å². The number of hydrogen-bond donors (Lipinski definition) is 0. The Morgan fingerprint density at radius 2 is 1.81 bits per heavy atom. The van der Waals surface area contributed by atoms with Crippen molar-refractivity contribution in [2.45, 2.75) is 18.0 Å². The Hall–Kier alpha value is -2.53. The summed E-state index contributed by atoms with van der Waals surface area (Å²) in [6.07, 6.45) is -4.31. The van der Waals surface area contributed by atoms with Crippen molar-refractivity contribution in [3.63, 3.8) is 0 Å². The zero-order valence-corrected chi connectivity index (χ0v) is 15.7. The molecule has 8 heteroatoms. The van der Waals surface area contributed by atoms with E-state index in [1.54, 1.807) is 50.2 Å². The van der Waals surface area contributed by atoms with Gasteiger partial charge in [-0.15, -0.1) is 11.8 Å². The molecule has 0 aliphatic rings. The van der Waals surface area contributed by atoms with Crippen LogP contribution in [0.4, 0.5) is 23.2 Å². The molecule has 0 amide bonds. The zero-order chi connectivity index (χ0) is 20.2. The summed E-state index contributed by atoms with van der Waals surface area (Å²) < 4.78 is 51.9. The highest BCUT2D eigenvalue weighted by molar-refractivity contribution is 7.99. The third-order valence-corrected chi connectivity index (χ3v) is 4.78. The average Bonchev–Trinajstić information content (AvgIpc) is 2.59. The molecule has 0 heterocycles. The Bertz CT molecular complexity index is 882. The maximum atomic E-state index is 14.4. The maximum absolute atomic E-state index is 14.4. The molecular weight excluding hydrogens is 378 g/mol. The van der Waals surface area contributed by atoms with Crippen LogP contribution in [-0.2, 0) is 0 Å². The van der Waals surface area contributed by atoms with Crippen LogP contribution in [0, 0.1) is 24.1 Å². The van der Waals surface area contributed by atoms with E-state index in [-0.39, 0.29) is 5.69 Å². The fraction of sp³-hybridized carbons (Fsp3) is 0.263. The van der Waals surface area contributed by atoms with E-state index in [1.165, 1.54) is 12.1 Å². The third-order valence-electron chi connectivity index (χ3n) is 3.56. The van der Waals surface area contributed by atoms with Gasteiger partial charge in [0.1, 0.15) is 17.3 Å². The van der Waals surface area contributed by atoms with Gasteiger partial charge in [0.25, 0.3) is 0 Å². The van der Waals surface area contributed by atoms with Crippen molar-refractivity contribution in [1.82, 2.24) is 4.90 Å². The Morgan fingerprint density at radius 3 is 2.33 bits per heavy atom. The Balaban J connectivity index is 2.45. The molecular formula is C19H17F4N3S. The molecule has 0 atom stereocenters. The van der Waals surface area contributed by atoms with Crippen LogP contribution < -0.4 is 0 Å². The van der Waals surface area contributed by atoms with Gasteiger partial charge in [0.2, 0.25) is 0 Å². The number of aliphatic imine (C=N–C) groups is 1. The summed E-state index contributed by atoms with van der Waals surface area (Å²) in [6.45, 7) is 1.56. The molecule has 2 rings (SSSR count). The number of thioether (sulfide) groups is 1. The molecule has 2 aromatic carbocycles. The van der Waals surface area contributed by atoms with Crippen LogP contribution in [-0.4, -0.2) is 36.8 Å². The van der Waals surface area contributed by atoms with Crippen LogP contribution in [0.25, 0.3) is 0 Å². The van der Waals surface area contributed by atoms with Gasteiger partial charge in [-0.05, 0) is 48.9 Å². The second-order valence-corrected chi connectivity index (χ2v) is 7.01. The second-order valence-electron chi connectivity index (χ2n) is 5.99. The fourth-order valence-corrected chi connectivity index (χ4v) is 3.07. The first-order chi connectivity index (χ1) is 12.6. The van der Waals surface area contributed by atoms with Crippen LogP contribution >= 0.6 is 11.8 Å². The molecule has 0 saturated carbocycles. The highest BCUT2D eigenvalue weighted by atomic mass is 32.2. The minimum absolute atomic E-state index is 0.0432. The number of aryl methyl sites for hydroxylation is 1. The molecule has 0 aliphatic heterocycles. The van der Waals surface area contributed by atoms with E-state index < -0.39 is 17.7 Å². The summed E-state index contributed by atoms with van der Waals surface area (Å²) in [5.41, 5.74) is 1.51. The molecule has 0 fully saturated rings. The van der Waals surface area contributed by atoms with Crippen molar-refractivity contribution in [2.24, 2.45) is 4.99 Å². The van der Waals surface area contributed by atoms with Gasteiger partial charge in [-0.1, -0.05) is 0 Å². The second kappa shape index (κ2) is 8.44. The number of nitriles is 1. The summed E-state index contributed by atoms with van der Waals surface area (Å²) in [7, 11) is 3.45. The molecule has 0 saturated heterocycles. The Labute approximate surface area is 159 Å². The minimum Gasteiger partial charge on any atom is -0.362 e. The molecule has 0 spiro atoms. The molecule has 0 radical (unpaired) electrons. The molecule has 3 nitrogen and oxygen atoms in total. The first kappa shape index (κ1) is 20.8. The number of alkyl halides is 3. The number of nitrogens with zero attached hydrogens (tertiary/aromatic N) is 3. The maximum Gasteiger partial charge on any atom is 0.398 e. The van der Waals surface area contributed by atoms with Crippen LogP contribution in [0.1, 0.15) is 16.7 Å². The normalized spacial score (nSPS) is 12.0. The smallest absolute Gasteiger partial charge is 0.362 e. The molecule has 0 aromatic heterocycles. The minimum atomic E-state index is -4.31. The molecule has 142 valence electrons. The van der Waals surface area contributed by atoms with Crippen molar-refractivity contribution in [3.8, 4) is 6.07 Å². The number of hydrogen-bond acceptors (Lipinski definition) is 3. The lowest BCUT2D eigenvalue weighted by atomic mass is 10.1. The fourth-order valence-electron chi connectivity index (χ4n) is 2.27. The van der Waals surface area contributed by atoms with E-state index in [0.717, 1.165) is 0 Å². The van der Waals surface area contributed by atoms with Gasteiger partial charge in [0.15, 0.2) is 0 Å². The molecule has 2 aromatic rings. The van der Waals surface area contributed by atoms with Crippen molar-refractivity contribution in [2.75, 3.05) is 19.8 Å². The summed E-state index contributed by atoms with van der Waals surface area (Å²) >= 11 is 0.603. The van der Waals surface area contributed by atoms with Crippen molar-refractivity contribution < 1.29 is 17.6 Å². The van der Waals surface area contributed by atoms with Gasteiger partial charge in [-0.3, -0.25) is 0 Å². The van der Waals surface area contributed by atoms with Crippen LogP contribution in [0.15, 0.2) is 46.3 Å². The van der Waals surface area contributed by atoms with E-state index in [2.05, 4.69) is 4.99 Å². The monoisotopic (exact) mass is 395 g/mol. The quantitative estimate of drug-likeness (QED) is 0.305. The molecule has 0 unspecified atom stereocenters. The number of halogens is 4. The summed E-state index contributed by atoms with van der Waals surface area (Å²) in [4.78, 5) is 6.31. The van der Waals surface area contributed by atoms with Crippen molar-refractivity contribution in [3.05, 3.63) is 58.9 Å². The van der Waals surface area contributed by atoms with Gasteiger partial charge >= 0.3 is 6.18 Å². The standard InChI is InChI=1S/C19H17F4N3S/c1-12-8-15(20)16(9-17(12)27-11-19(21,22)23)25-18(26(2)3)14-6-4-13(10-24)5-7-14/h4-9H,11H2,1-3H3. The summed E-state index contributed by atoms with van der Waals surface area (Å²) in [5.74, 6) is -1.25. The Morgan fingerprint density at radius 1 is 1.19 bits per heavy atom. The number of rotatable bonds is 4. The molecule has 0 N–H and O–H groups in total. The lowest BCUT2D eigenvalue weighted by molar-refractivity contribution is -0.105. The molecule has 27 heavy (non-hydrogen) atoms. The highest BCUT2D eigenvalue weighted by Gasteiger charge is 2.27. The van der Waals surface area contributed by atoms with Crippen molar-refractivity contribution in [1.29, 1.82) is 5.26 Å². The number of amidine groups is 1. The van der Waals surface area contributed by atoms with Crippen LogP contribution in [0.3, 0.4) is 0 Å². The van der Waals surface area contributed by atoms with Gasteiger partial charge in [-0.2, -0.15) is 18.4 Å². The summed E-state index contributed by atoms with van der Waals surface area (Å²) in [5, 5.41) is 8.89. The van der Waals surface area contributed by atoms with E-state index in [9.17, 15) is 17.6 Å². The van der Waals surface area contributed by atoms with E-state index in [4.69, 9.17) is 5.26 Å². The lowest BCUT2D eigenvalue weighted by Crippen LogP contribution is -2.22. The first-order valence-corrected chi connectivity index (χ1v) is 8.85. The van der Waals surface area contributed by atoms with Gasteiger partial charge in [0, 0.05) is 24.6 Å². The topological polar surface area (TPSA) is 39.4 Å². The lowest BCUT2D eigenvalue weighted by Gasteiger charge is -2.17. The van der Waals surface area contributed by atoms with Crippen LogP contribution in [0.2, 0.25) is 0 Å². The predicted octanol–water partition coefficient (Wildman–Crippen LogP) is 5.30. The summed E-state index contributed by atoms with van der Waals surface area (Å²) in [6, 6.07) is 11.1. The van der Waals surface area contributed by atoms with Gasteiger partial charge in [0.05, 0.1) is 17.4 Å². The Kier molecular flexibility index (Phi) is 6.50. The van der Waals surface area contributed by atoms with E-state index in [1.807, 2.05) is 6.07 Å².